The van der Waals surface area contributed by atoms with Gasteiger partial charge in [0.2, 0.25) is 15.9 Å². The van der Waals surface area contributed by atoms with E-state index in [2.05, 4.69) is 23.9 Å². The first-order valence-electron chi connectivity index (χ1n) is 11.1. The summed E-state index contributed by atoms with van der Waals surface area (Å²) in [5.74, 6) is 1.11. The number of rotatable bonds is 6. The molecule has 0 heterocycles. The van der Waals surface area contributed by atoms with Crippen LogP contribution in [0.1, 0.15) is 65.2 Å². The monoisotopic (exact) mass is 432 g/mol. The van der Waals surface area contributed by atoms with E-state index in [4.69, 9.17) is 4.74 Å². The Morgan fingerprint density at radius 2 is 1.73 bits per heavy atom. The first-order chi connectivity index (χ1) is 14.0. The molecule has 5 fully saturated rings. The number of anilines is 1. The van der Waals surface area contributed by atoms with E-state index in [1.165, 1.54) is 38.5 Å². The summed E-state index contributed by atoms with van der Waals surface area (Å²) in [5.41, 5.74) is 0.533. The molecule has 0 radical (unpaired) electrons. The van der Waals surface area contributed by atoms with E-state index in [0.717, 1.165) is 32.1 Å². The maximum atomic E-state index is 13.6. The highest BCUT2D eigenvalue weighted by atomic mass is 32.2. The summed E-state index contributed by atoms with van der Waals surface area (Å²) in [6.07, 6.45) is 8.18. The third kappa shape index (κ3) is 3.44. The molecule has 2 N–H and O–H groups in total. The van der Waals surface area contributed by atoms with Gasteiger partial charge in [-0.1, -0.05) is 13.8 Å². The molecule has 5 aliphatic carbocycles. The van der Waals surface area contributed by atoms with Crippen LogP contribution in [0.3, 0.4) is 0 Å². The summed E-state index contributed by atoms with van der Waals surface area (Å²) < 4.78 is 33.5. The van der Waals surface area contributed by atoms with E-state index < -0.39 is 10.0 Å². The van der Waals surface area contributed by atoms with Gasteiger partial charge in [0.05, 0.1) is 23.1 Å². The van der Waals surface area contributed by atoms with E-state index in [0.29, 0.717) is 17.4 Å². The number of nitrogens with one attached hydrogen (secondary N) is 2. The van der Waals surface area contributed by atoms with Crippen LogP contribution in [0.2, 0.25) is 0 Å². The zero-order chi connectivity index (χ0) is 21.4. The number of hydrogen-bond acceptors (Lipinski definition) is 4. The van der Waals surface area contributed by atoms with Crippen molar-refractivity contribution in [3.8, 4) is 5.75 Å². The maximum absolute atomic E-state index is 13.6. The molecule has 30 heavy (non-hydrogen) atoms. The minimum atomic E-state index is -3.60. The molecule has 0 spiro atoms. The van der Waals surface area contributed by atoms with Gasteiger partial charge in [0.1, 0.15) is 5.75 Å². The van der Waals surface area contributed by atoms with Crippen molar-refractivity contribution < 1.29 is 17.9 Å². The highest BCUT2D eigenvalue weighted by Gasteiger charge is 2.62. The van der Waals surface area contributed by atoms with Crippen molar-refractivity contribution >= 4 is 21.6 Å². The maximum Gasteiger partial charge on any atom is 0.240 e. The van der Waals surface area contributed by atoms with E-state index in [9.17, 15) is 13.2 Å². The highest BCUT2D eigenvalue weighted by Crippen LogP contribution is 2.69. The van der Waals surface area contributed by atoms with Crippen molar-refractivity contribution in [2.75, 3.05) is 12.4 Å². The second-order valence-electron chi connectivity index (χ2n) is 11.1. The predicted molar refractivity (Wildman–Crippen MR) is 115 cm³/mol. The van der Waals surface area contributed by atoms with Gasteiger partial charge >= 0.3 is 0 Å². The lowest BCUT2D eigenvalue weighted by Crippen LogP contribution is -2.58. The zero-order valence-electron chi connectivity index (χ0n) is 18.1. The number of methoxy groups -OCH3 is 1. The molecule has 0 aromatic heterocycles. The van der Waals surface area contributed by atoms with Crippen LogP contribution in [0.25, 0.3) is 0 Å². The van der Waals surface area contributed by atoms with Crippen molar-refractivity contribution in [1.29, 1.82) is 0 Å². The topological polar surface area (TPSA) is 84.5 Å². The third-order valence-corrected chi connectivity index (χ3v) is 9.25. The van der Waals surface area contributed by atoms with Crippen LogP contribution in [0, 0.1) is 22.2 Å². The third-order valence-electron chi connectivity index (χ3n) is 7.74. The number of hydrogen-bond donors (Lipinski definition) is 2. The minimum Gasteiger partial charge on any atom is -0.495 e. The van der Waals surface area contributed by atoms with E-state index in [1.807, 2.05) is 0 Å². The van der Waals surface area contributed by atoms with Gasteiger partial charge in [0.25, 0.3) is 0 Å². The molecule has 1 aromatic rings. The Kier molecular flexibility index (Phi) is 4.37. The first kappa shape index (κ1) is 20.3. The summed E-state index contributed by atoms with van der Waals surface area (Å²) in [6, 6.07) is 4.72. The van der Waals surface area contributed by atoms with E-state index in [-0.39, 0.29) is 33.1 Å². The first-order valence-corrected chi connectivity index (χ1v) is 12.5. The Morgan fingerprint density at radius 3 is 2.30 bits per heavy atom. The molecular weight excluding hydrogens is 400 g/mol. The van der Waals surface area contributed by atoms with Crippen LogP contribution in [0.15, 0.2) is 23.1 Å². The molecule has 7 heteroatoms. The van der Waals surface area contributed by atoms with Crippen molar-refractivity contribution in [2.24, 2.45) is 22.2 Å². The SMILES string of the molecule is COc1ccc(S(=O)(=O)NC2CC2)cc1NC(=O)C12CC3CC(C)(CC(C)(C3)C1)C2. The minimum absolute atomic E-state index is 0.0204. The van der Waals surface area contributed by atoms with Gasteiger partial charge in [-0.15, -0.1) is 0 Å². The fourth-order valence-electron chi connectivity index (χ4n) is 7.40. The Balaban J connectivity index is 1.44. The number of carbonyl (C=O) groups excluding carboxylic acids is 1. The molecule has 4 bridgehead atoms. The summed E-state index contributed by atoms with van der Waals surface area (Å²) in [4.78, 5) is 13.8. The highest BCUT2D eigenvalue weighted by molar-refractivity contribution is 7.89. The summed E-state index contributed by atoms with van der Waals surface area (Å²) in [6.45, 7) is 4.68. The van der Waals surface area contributed by atoms with Crippen molar-refractivity contribution in [2.45, 2.75) is 76.2 Å². The number of benzene rings is 1. The largest absolute Gasteiger partial charge is 0.495 e. The summed E-state index contributed by atoms with van der Waals surface area (Å²) in [5, 5.41) is 3.08. The number of carbonyl (C=O) groups is 1. The van der Waals surface area contributed by atoms with E-state index in [1.54, 1.807) is 6.07 Å². The van der Waals surface area contributed by atoms with Gasteiger partial charge in [0.15, 0.2) is 0 Å². The molecule has 1 amide bonds. The molecule has 2 atom stereocenters. The van der Waals surface area contributed by atoms with Gasteiger partial charge in [0, 0.05) is 6.04 Å². The summed E-state index contributed by atoms with van der Waals surface area (Å²) in [7, 11) is -2.07. The van der Waals surface area contributed by atoms with Gasteiger partial charge < -0.3 is 10.1 Å². The summed E-state index contributed by atoms with van der Waals surface area (Å²) >= 11 is 0. The molecule has 1 aromatic carbocycles. The Morgan fingerprint density at radius 1 is 1.07 bits per heavy atom. The molecule has 0 aliphatic heterocycles. The molecule has 2 unspecified atom stereocenters. The van der Waals surface area contributed by atoms with Crippen molar-refractivity contribution in [1.82, 2.24) is 4.72 Å². The molecule has 5 saturated carbocycles. The Hall–Kier alpha value is -1.60. The van der Waals surface area contributed by atoms with Crippen molar-refractivity contribution in [3.05, 3.63) is 18.2 Å². The lowest BCUT2D eigenvalue weighted by atomic mass is 9.40. The molecule has 164 valence electrons. The normalized spacial score (nSPS) is 37.2. The Bertz CT molecular complexity index is 982. The fourth-order valence-corrected chi connectivity index (χ4v) is 8.73. The number of sulfonamides is 1. The van der Waals surface area contributed by atoms with Crippen LogP contribution in [0.4, 0.5) is 5.69 Å². The number of amides is 1. The average molecular weight is 433 g/mol. The molecule has 6 rings (SSSR count). The smallest absolute Gasteiger partial charge is 0.240 e. The van der Waals surface area contributed by atoms with Crippen LogP contribution in [-0.4, -0.2) is 27.5 Å². The van der Waals surface area contributed by atoms with Crippen LogP contribution < -0.4 is 14.8 Å². The van der Waals surface area contributed by atoms with Crippen LogP contribution in [0.5, 0.6) is 5.75 Å². The number of ether oxygens (including phenoxy) is 1. The molecule has 6 nitrogen and oxygen atoms in total. The average Bonchev–Trinajstić information content (AvgIpc) is 3.41. The molecule has 0 saturated heterocycles. The quantitative estimate of drug-likeness (QED) is 0.710. The lowest BCUT2D eigenvalue weighted by Gasteiger charge is -2.64. The Labute approximate surface area is 179 Å². The second kappa shape index (κ2) is 6.45. The standard InChI is InChI=1S/C23H32N2O4S/c1-21-9-15-10-22(2,12-21)14-23(11-15,13-21)20(26)24-18-8-17(6-7-19(18)29-3)30(27,28)25-16-4-5-16/h6-8,15-16,25H,4-5,9-14H2,1-3H3,(H,24,26). The molecular formula is C23H32N2O4S. The van der Waals surface area contributed by atoms with Crippen molar-refractivity contribution in [3.63, 3.8) is 0 Å². The van der Waals surface area contributed by atoms with Crippen LogP contribution in [-0.2, 0) is 14.8 Å². The lowest BCUT2D eigenvalue weighted by molar-refractivity contribution is -0.165. The van der Waals surface area contributed by atoms with Gasteiger partial charge in [-0.2, -0.15) is 0 Å². The van der Waals surface area contributed by atoms with Crippen LogP contribution >= 0.6 is 0 Å². The van der Waals surface area contributed by atoms with E-state index >= 15 is 0 Å². The van der Waals surface area contributed by atoms with Gasteiger partial charge in [-0.05, 0) is 86.3 Å². The fraction of sp³-hybridized carbons (Fsp3) is 0.696. The predicted octanol–water partition coefficient (Wildman–Crippen LogP) is 4.07. The van der Waals surface area contributed by atoms with Gasteiger partial charge in [-0.25, -0.2) is 13.1 Å². The second-order valence-corrected chi connectivity index (χ2v) is 12.8. The molecule has 5 aliphatic rings. The van der Waals surface area contributed by atoms with Gasteiger partial charge in [-0.3, -0.25) is 4.79 Å². The zero-order valence-corrected chi connectivity index (χ0v) is 18.9.